The van der Waals surface area contributed by atoms with Gasteiger partial charge in [-0.15, -0.1) is 0 Å². The van der Waals surface area contributed by atoms with E-state index in [1.165, 1.54) is 24.3 Å². The molecular formula is C24H29FO7. The number of carboxylic acid groups (broad SMARTS) is 1. The summed E-state index contributed by atoms with van der Waals surface area (Å²) in [6.07, 6.45) is 8.26. The van der Waals surface area contributed by atoms with E-state index in [0.29, 0.717) is 38.2 Å². The molecule has 2 N–H and O–H groups in total. The van der Waals surface area contributed by atoms with Gasteiger partial charge in [0.25, 0.3) is 0 Å². The third-order valence-corrected chi connectivity index (χ3v) is 5.65. The van der Waals surface area contributed by atoms with Crippen LogP contribution < -0.4 is 4.74 Å². The van der Waals surface area contributed by atoms with Crippen LogP contribution in [0.4, 0.5) is 4.39 Å². The minimum Gasteiger partial charge on any atom is -0.488 e. The van der Waals surface area contributed by atoms with E-state index in [1.54, 1.807) is 12.2 Å². The average Bonchev–Trinajstić information content (AvgIpc) is 3.33. The number of unbranched alkanes of at least 4 members (excludes halogenated alkanes) is 1. The summed E-state index contributed by atoms with van der Waals surface area (Å²) >= 11 is 0. The van der Waals surface area contributed by atoms with Crippen LogP contribution in [-0.4, -0.2) is 53.7 Å². The molecule has 3 rings (SSSR count). The molecule has 32 heavy (non-hydrogen) atoms. The van der Waals surface area contributed by atoms with Crippen LogP contribution in [0, 0.1) is 17.7 Å². The second-order valence-corrected chi connectivity index (χ2v) is 8.03. The predicted octanol–water partition coefficient (Wildman–Crippen LogP) is 3.27. The zero-order valence-corrected chi connectivity index (χ0v) is 17.8. The largest absolute Gasteiger partial charge is 0.488 e. The average molecular weight is 448 g/mol. The minimum absolute atomic E-state index is 0.00722. The Morgan fingerprint density at radius 3 is 2.62 bits per heavy atom. The Morgan fingerprint density at radius 2 is 1.94 bits per heavy atom. The molecule has 1 aliphatic carbocycles. The lowest BCUT2D eigenvalue weighted by Gasteiger charge is -2.25. The van der Waals surface area contributed by atoms with E-state index >= 15 is 0 Å². The molecule has 7 nitrogen and oxygen atoms in total. The first-order chi connectivity index (χ1) is 15.4. The molecule has 0 bridgehead atoms. The van der Waals surface area contributed by atoms with Crippen molar-refractivity contribution in [3.63, 3.8) is 0 Å². The number of rotatable bonds is 11. The Morgan fingerprint density at radius 1 is 1.22 bits per heavy atom. The van der Waals surface area contributed by atoms with Gasteiger partial charge >= 0.3 is 5.97 Å². The second kappa shape index (κ2) is 11.4. The van der Waals surface area contributed by atoms with Crippen LogP contribution >= 0.6 is 0 Å². The molecule has 0 unspecified atom stereocenters. The standard InChI is InChI=1S/C24H29FO7/c25-17-7-9-18(10-8-17)30-16-24(31-13-14-32-24)12-11-20-19(21(26)15-22(20)27)5-3-1-2-4-6-23(28)29/h1,3,7-12,19-20,22,27H,2,4-6,13-16H2,(H,28,29)/b3-1-,12-11+/t19-,20-,22-/m1/s1. The first kappa shape index (κ1) is 24.1. The van der Waals surface area contributed by atoms with Crippen molar-refractivity contribution in [3.8, 4) is 5.75 Å². The highest BCUT2D eigenvalue weighted by Gasteiger charge is 2.41. The zero-order chi connectivity index (χ0) is 23.0. The Kier molecular flexibility index (Phi) is 8.55. The molecule has 1 saturated carbocycles. The van der Waals surface area contributed by atoms with Crippen LogP contribution in [-0.2, 0) is 19.1 Å². The molecule has 1 aromatic carbocycles. The molecule has 0 spiro atoms. The molecule has 0 amide bonds. The number of Topliss-reactive ketones (excluding diaryl/α,β-unsaturated/α-hetero) is 1. The number of aliphatic hydroxyl groups excluding tert-OH is 1. The Hall–Kier alpha value is -2.55. The number of ketones is 1. The van der Waals surface area contributed by atoms with Gasteiger partial charge in [0.2, 0.25) is 5.79 Å². The quantitative estimate of drug-likeness (QED) is 0.396. The lowest BCUT2D eigenvalue weighted by atomic mass is 9.90. The van der Waals surface area contributed by atoms with Crippen molar-refractivity contribution in [3.05, 3.63) is 54.4 Å². The normalized spacial score (nSPS) is 25.2. The van der Waals surface area contributed by atoms with Crippen molar-refractivity contribution in [2.24, 2.45) is 11.8 Å². The maximum atomic E-state index is 13.1. The molecule has 0 radical (unpaired) electrons. The predicted molar refractivity (Wildman–Crippen MR) is 114 cm³/mol. The third kappa shape index (κ3) is 6.72. The number of carbonyl (C=O) groups is 2. The third-order valence-electron chi connectivity index (χ3n) is 5.65. The van der Waals surface area contributed by atoms with Crippen LogP contribution in [0.3, 0.4) is 0 Å². The van der Waals surface area contributed by atoms with Gasteiger partial charge in [0.1, 0.15) is 24.0 Å². The van der Waals surface area contributed by atoms with E-state index in [1.807, 2.05) is 12.2 Å². The number of aliphatic carboxylic acids is 1. The van der Waals surface area contributed by atoms with E-state index in [4.69, 9.17) is 19.3 Å². The number of ether oxygens (including phenoxy) is 3. The first-order valence-corrected chi connectivity index (χ1v) is 10.8. The Balaban J connectivity index is 1.61. The van der Waals surface area contributed by atoms with Gasteiger partial charge in [-0.25, -0.2) is 4.39 Å². The van der Waals surface area contributed by atoms with Crippen LogP contribution in [0.5, 0.6) is 5.75 Å². The number of aliphatic hydroxyl groups is 1. The lowest BCUT2D eigenvalue weighted by molar-refractivity contribution is -0.139. The fraction of sp³-hybridized carbons (Fsp3) is 0.500. The Bertz CT molecular complexity index is 827. The molecule has 1 heterocycles. The van der Waals surface area contributed by atoms with Gasteiger partial charge in [-0.2, -0.15) is 0 Å². The van der Waals surface area contributed by atoms with Gasteiger partial charge in [0.05, 0.1) is 19.3 Å². The van der Waals surface area contributed by atoms with Crippen LogP contribution in [0.1, 0.15) is 32.1 Å². The number of benzene rings is 1. The van der Waals surface area contributed by atoms with Crippen LogP contribution in [0.25, 0.3) is 0 Å². The second-order valence-electron chi connectivity index (χ2n) is 8.03. The van der Waals surface area contributed by atoms with Crippen LogP contribution in [0.15, 0.2) is 48.6 Å². The van der Waals surface area contributed by atoms with Gasteiger partial charge in [-0.3, -0.25) is 9.59 Å². The number of carbonyl (C=O) groups excluding carboxylic acids is 1. The minimum atomic E-state index is -1.14. The highest BCUT2D eigenvalue weighted by atomic mass is 19.1. The van der Waals surface area contributed by atoms with E-state index in [-0.39, 0.29) is 42.9 Å². The van der Waals surface area contributed by atoms with Crippen molar-refractivity contribution < 1.29 is 38.4 Å². The summed E-state index contributed by atoms with van der Waals surface area (Å²) in [6, 6.07) is 5.63. The summed E-state index contributed by atoms with van der Waals surface area (Å²) in [5, 5.41) is 19.1. The molecular weight excluding hydrogens is 419 g/mol. The van der Waals surface area contributed by atoms with Crippen LogP contribution in [0.2, 0.25) is 0 Å². The molecule has 1 saturated heterocycles. The van der Waals surface area contributed by atoms with Crippen molar-refractivity contribution >= 4 is 11.8 Å². The van der Waals surface area contributed by atoms with Gasteiger partial charge in [-0.05, 0) is 49.6 Å². The van der Waals surface area contributed by atoms with E-state index in [2.05, 4.69) is 0 Å². The Labute approximate surface area is 186 Å². The fourth-order valence-corrected chi connectivity index (χ4v) is 3.93. The monoisotopic (exact) mass is 448 g/mol. The number of halogens is 1. The highest BCUT2D eigenvalue weighted by Crippen LogP contribution is 2.35. The summed E-state index contributed by atoms with van der Waals surface area (Å²) in [7, 11) is 0. The maximum Gasteiger partial charge on any atom is 0.303 e. The number of allylic oxidation sites excluding steroid dienone is 2. The number of hydrogen-bond acceptors (Lipinski definition) is 6. The topological polar surface area (TPSA) is 102 Å². The molecule has 1 aliphatic heterocycles. The number of carboxylic acids is 1. The molecule has 2 aliphatic rings. The van der Waals surface area contributed by atoms with E-state index in [0.717, 1.165) is 0 Å². The van der Waals surface area contributed by atoms with Crippen molar-refractivity contribution in [2.45, 2.75) is 44.0 Å². The molecule has 174 valence electrons. The summed E-state index contributed by atoms with van der Waals surface area (Å²) in [5.74, 6) is -2.62. The van der Waals surface area contributed by atoms with Crippen molar-refractivity contribution in [1.29, 1.82) is 0 Å². The van der Waals surface area contributed by atoms with Gasteiger partial charge in [0, 0.05) is 24.7 Å². The zero-order valence-electron chi connectivity index (χ0n) is 17.8. The molecule has 3 atom stereocenters. The SMILES string of the molecule is O=C(O)CCC/C=C\C[C@H]1C(=O)C[C@@H](O)[C@@H]1/C=C/C1(COc2ccc(F)cc2)OCCO1. The molecule has 2 fully saturated rings. The highest BCUT2D eigenvalue weighted by molar-refractivity contribution is 5.84. The van der Waals surface area contributed by atoms with E-state index < -0.39 is 17.9 Å². The van der Waals surface area contributed by atoms with Gasteiger partial charge in [0.15, 0.2) is 0 Å². The van der Waals surface area contributed by atoms with E-state index in [9.17, 15) is 19.1 Å². The summed E-state index contributed by atoms with van der Waals surface area (Å²) < 4.78 is 30.3. The van der Waals surface area contributed by atoms with Gasteiger partial charge < -0.3 is 24.4 Å². The smallest absolute Gasteiger partial charge is 0.303 e. The summed E-state index contributed by atoms with van der Waals surface area (Å²) in [5.41, 5.74) is 0. The molecule has 8 heteroatoms. The maximum absolute atomic E-state index is 13.1. The summed E-state index contributed by atoms with van der Waals surface area (Å²) in [4.78, 5) is 23.0. The lowest BCUT2D eigenvalue weighted by Crippen LogP contribution is -2.35. The molecule has 1 aromatic rings. The summed E-state index contributed by atoms with van der Waals surface area (Å²) in [6.45, 7) is 0.803. The van der Waals surface area contributed by atoms with Gasteiger partial charge in [-0.1, -0.05) is 18.2 Å². The fourth-order valence-electron chi connectivity index (χ4n) is 3.93. The van der Waals surface area contributed by atoms with Crippen molar-refractivity contribution in [1.82, 2.24) is 0 Å². The van der Waals surface area contributed by atoms with Crippen molar-refractivity contribution in [2.75, 3.05) is 19.8 Å². The first-order valence-electron chi connectivity index (χ1n) is 10.8. The number of hydrogen-bond donors (Lipinski definition) is 2. The molecule has 0 aromatic heterocycles.